The van der Waals surface area contributed by atoms with Gasteiger partial charge in [0.1, 0.15) is 0 Å². The Kier molecular flexibility index (Phi) is 5.42. The molecule has 5 nitrogen and oxygen atoms in total. The van der Waals surface area contributed by atoms with Crippen molar-refractivity contribution in [3.63, 3.8) is 0 Å². The van der Waals surface area contributed by atoms with Gasteiger partial charge in [-0.3, -0.25) is 9.69 Å². The molecule has 2 N–H and O–H groups in total. The van der Waals surface area contributed by atoms with Crippen LogP contribution >= 0.6 is 0 Å². The summed E-state index contributed by atoms with van der Waals surface area (Å²) in [4.78, 5) is 21.6. The van der Waals surface area contributed by atoms with E-state index in [1.807, 2.05) is 6.07 Å². The molecule has 0 bridgehead atoms. The molecule has 1 aliphatic rings. The first kappa shape index (κ1) is 15.7. The number of rotatable bonds is 6. The zero-order valence-corrected chi connectivity index (χ0v) is 13.4. The average molecular weight is 312 g/mol. The van der Waals surface area contributed by atoms with E-state index in [0.717, 1.165) is 18.8 Å². The second-order valence-electron chi connectivity index (χ2n) is 6.08. The van der Waals surface area contributed by atoms with Crippen LogP contribution in [0.15, 0.2) is 42.9 Å². The molecule has 3 rings (SSSR count). The third-order valence-electron chi connectivity index (χ3n) is 4.41. The van der Waals surface area contributed by atoms with Crippen molar-refractivity contribution in [3.8, 4) is 0 Å². The highest BCUT2D eigenvalue weighted by Gasteiger charge is 2.22. The SMILES string of the molecule is O=C(Cc1cnc[nH]1)NC[C@H](c1ccccc1)N1CCCCC1. The Morgan fingerprint density at radius 3 is 2.70 bits per heavy atom. The average Bonchev–Trinajstić information content (AvgIpc) is 3.10. The van der Waals surface area contributed by atoms with E-state index < -0.39 is 0 Å². The summed E-state index contributed by atoms with van der Waals surface area (Å²) in [6, 6.07) is 10.7. The maximum absolute atomic E-state index is 12.2. The van der Waals surface area contributed by atoms with Crippen LogP contribution in [0, 0.1) is 0 Å². The van der Waals surface area contributed by atoms with E-state index in [9.17, 15) is 4.79 Å². The highest BCUT2D eigenvalue weighted by Crippen LogP contribution is 2.23. The van der Waals surface area contributed by atoms with Crippen molar-refractivity contribution in [2.45, 2.75) is 31.7 Å². The molecule has 1 fully saturated rings. The first-order valence-corrected chi connectivity index (χ1v) is 8.36. The fourth-order valence-electron chi connectivity index (χ4n) is 3.19. The molecular weight excluding hydrogens is 288 g/mol. The van der Waals surface area contributed by atoms with Crippen molar-refractivity contribution in [2.24, 2.45) is 0 Å². The molecule has 0 unspecified atom stereocenters. The lowest BCUT2D eigenvalue weighted by Gasteiger charge is -2.35. The van der Waals surface area contributed by atoms with Gasteiger partial charge in [-0.25, -0.2) is 4.98 Å². The number of imidazole rings is 1. The Balaban J connectivity index is 1.62. The summed E-state index contributed by atoms with van der Waals surface area (Å²) in [5, 5.41) is 3.09. The van der Waals surface area contributed by atoms with Gasteiger partial charge in [-0.2, -0.15) is 0 Å². The van der Waals surface area contributed by atoms with Crippen molar-refractivity contribution in [1.29, 1.82) is 0 Å². The monoisotopic (exact) mass is 312 g/mol. The smallest absolute Gasteiger partial charge is 0.226 e. The van der Waals surface area contributed by atoms with Crippen molar-refractivity contribution < 1.29 is 4.79 Å². The molecule has 5 heteroatoms. The van der Waals surface area contributed by atoms with Gasteiger partial charge < -0.3 is 10.3 Å². The van der Waals surface area contributed by atoms with Crippen molar-refractivity contribution >= 4 is 5.91 Å². The molecule has 2 heterocycles. The summed E-state index contributed by atoms with van der Waals surface area (Å²) in [7, 11) is 0. The van der Waals surface area contributed by atoms with Gasteiger partial charge in [-0.15, -0.1) is 0 Å². The number of benzene rings is 1. The fraction of sp³-hybridized carbons (Fsp3) is 0.444. The quantitative estimate of drug-likeness (QED) is 0.860. The number of piperidine rings is 1. The molecule has 1 aromatic carbocycles. The summed E-state index contributed by atoms with van der Waals surface area (Å²) in [5.41, 5.74) is 2.12. The van der Waals surface area contributed by atoms with Gasteiger partial charge in [-0.05, 0) is 31.5 Å². The molecule has 1 aliphatic heterocycles. The number of carbonyl (C=O) groups excluding carboxylic acids is 1. The van der Waals surface area contributed by atoms with E-state index in [-0.39, 0.29) is 11.9 Å². The number of aromatic amines is 1. The summed E-state index contributed by atoms with van der Waals surface area (Å²) >= 11 is 0. The predicted molar refractivity (Wildman–Crippen MR) is 89.9 cm³/mol. The first-order valence-electron chi connectivity index (χ1n) is 8.36. The molecule has 0 spiro atoms. The second kappa shape index (κ2) is 7.92. The van der Waals surface area contributed by atoms with Gasteiger partial charge in [0.25, 0.3) is 0 Å². The Morgan fingerprint density at radius 2 is 2.00 bits per heavy atom. The number of H-pyrrole nitrogens is 1. The zero-order valence-electron chi connectivity index (χ0n) is 13.4. The first-order chi connectivity index (χ1) is 11.3. The summed E-state index contributed by atoms with van der Waals surface area (Å²) in [5.74, 6) is 0.0344. The highest BCUT2D eigenvalue weighted by molar-refractivity contribution is 5.78. The van der Waals surface area contributed by atoms with Gasteiger partial charge in [0, 0.05) is 18.4 Å². The molecule has 1 amide bonds. The van der Waals surface area contributed by atoms with Gasteiger partial charge >= 0.3 is 0 Å². The normalized spacial score (nSPS) is 16.9. The van der Waals surface area contributed by atoms with Crippen LogP contribution in [0.2, 0.25) is 0 Å². The van der Waals surface area contributed by atoms with E-state index in [0.29, 0.717) is 13.0 Å². The van der Waals surface area contributed by atoms with E-state index in [1.54, 1.807) is 12.5 Å². The highest BCUT2D eigenvalue weighted by atomic mass is 16.1. The molecule has 1 saturated heterocycles. The Bertz CT molecular complexity index is 591. The maximum Gasteiger partial charge on any atom is 0.226 e. The number of carbonyl (C=O) groups is 1. The molecular formula is C18H24N4O. The number of likely N-dealkylation sites (tertiary alicyclic amines) is 1. The van der Waals surface area contributed by atoms with Crippen LogP contribution in [0.5, 0.6) is 0 Å². The molecule has 2 aromatic rings. The molecule has 23 heavy (non-hydrogen) atoms. The summed E-state index contributed by atoms with van der Waals surface area (Å²) in [6.07, 6.45) is 7.44. The second-order valence-corrected chi connectivity index (χ2v) is 6.08. The third-order valence-corrected chi connectivity index (χ3v) is 4.41. The lowest BCUT2D eigenvalue weighted by Crippen LogP contribution is -2.41. The minimum absolute atomic E-state index is 0.0344. The Labute approximate surface area is 137 Å². The van der Waals surface area contributed by atoms with Crippen molar-refractivity contribution in [3.05, 3.63) is 54.1 Å². The van der Waals surface area contributed by atoms with E-state index >= 15 is 0 Å². The van der Waals surface area contributed by atoms with Crippen LogP contribution in [0.3, 0.4) is 0 Å². The van der Waals surface area contributed by atoms with E-state index in [1.165, 1.54) is 24.8 Å². The third kappa shape index (κ3) is 4.42. The molecule has 0 aliphatic carbocycles. The molecule has 0 saturated carbocycles. The van der Waals surface area contributed by atoms with Gasteiger partial charge in [0.05, 0.1) is 18.8 Å². The number of amides is 1. The van der Waals surface area contributed by atoms with Gasteiger partial charge in [-0.1, -0.05) is 36.8 Å². The van der Waals surface area contributed by atoms with Crippen LogP contribution in [0.1, 0.15) is 36.6 Å². The lowest BCUT2D eigenvalue weighted by atomic mass is 10.0. The van der Waals surface area contributed by atoms with Crippen LogP contribution in [-0.4, -0.2) is 40.4 Å². The lowest BCUT2D eigenvalue weighted by molar-refractivity contribution is -0.120. The predicted octanol–water partition coefficient (Wildman–Crippen LogP) is 2.30. The van der Waals surface area contributed by atoms with Crippen molar-refractivity contribution in [2.75, 3.05) is 19.6 Å². The van der Waals surface area contributed by atoms with Crippen LogP contribution in [0.25, 0.3) is 0 Å². The zero-order chi connectivity index (χ0) is 15.9. The minimum atomic E-state index is 0.0344. The van der Waals surface area contributed by atoms with Gasteiger partial charge in [0.2, 0.25) is 5.91 Å². The number of hydrogen-bond donors (Lipinski definition) is 2. The standard InChI is InChI=1S/C18H24N4O/c23-18(11-16-12-19-14-21-16)20-13-17(15-7-3-1-4-8-15)22-9-5-2-6-10-22/h1,3-4,7-8,12,14,17H,2,5-6,9-11,13H2,(H,19,21)(H,20,23)/t17-/m1/s1. The van der Waals surface area contributed by atoms with E-state index in [4.69, 9.17) is 0 Å². The maximum atomic E-state index is 12.2. The number of hydrogen-bond acceptors (Lipinski definition) is 3. The molecule has 0 radical (unpaired) electrons. The van der Waals surface area contributed by atoms with Crippen molar-refractivity contribution in [1.82, 2.24) is 20.2 Å². The topological polar surface area (TPSA) is 61.0 Å². The van der Waals surface area contributed by atoms with Crippen LogP contribution < -0.4 is 5.32 Å². The summed E-state index contributed by atoms with van der Waals surface area (Å²) in [6.45, 7) is 2.86. The van der Waals surface area contributed by atoms with Gasteiger partial charge in [0.15, 0.2) is 0 Å². The van der Waals surface area contributed by atoms with E-state index in [2.05, 4.69) is 44.5 Å². The number of nitrogens with zero attached hydrogens (tertiary/aromatic N) is 2. The molecule has 1 aromatic heterocycles. The molecule has 122 valence electrons. The van der Waals surface area contributed by atoms with Crippen LogP contribution in [-0.2, 0) is 11.2 Å². The Morgan fingerprint density at radius 1 is 1.22 bits per heavy atom. The van der Waals surface area contributed by atoms with Crippen LogP contribution in [0.4, 0.5) is 0 Å². The number of aromatic nitrogens is 2. The molecule has 1 atom stereocenters. The minimum Gasteiger partial charge on any atom is -0.354 e. The number of nitrogens with one attached hydrogen (secondary N) is 2. The largest absolute Gasteiger partial charge is 0.354 e. The fourth-order valence-corrected chi connectivity index (χ4v) is 3.19. The summed E-state index contributed by atoms with van der Waals surface area (Å²) < 4.78 is 0. The Hall–Kier alpha value is -2.14.